The van der Waals surface area contributed by atoms with Crippen LogP contribution in [0.2, 0.25) is 5.02 Å². The molecule has 1 aliphatic rings. The number of amides is 1. The lowest BCUT2D eigenvalue weighted by molar-refractivity contribution is -0.117. The van der Waals surface area contributed by atoms with Crippen molar-refractivity contribution in [3.63, 3.8) is 0 Å². The summed E-state index contributed by atoms with van der Waals surface area (Å²) in [5.74, 6) is -0.0524. The molecule has 0 radical (unpaired) electrons. The highest BCUT2D eigenvalue weighted by molar-refractivity contribution is 6.31. The number of nitrogens with one attached hydrogen (secondary N) is 1. The zero-order valence-corrected chi connectivity index (χ0v) is 13.4. The number of hydrogen-bond donors (Lipinski definition) is 2. The fourth-order valence-corrected chi connectivity index (χ4v) is 2.80. The number of likely N-dealkylation sites (tertiary alicyclic amines) is 1. The Morgan fingerprint density at radius 1 is 1.52 bits per heavy atom. The summed E-state index contributed by atoms with van der Waals surface area (Å²) in [4.78, 5) is 16.6. The largest absolute Gasteiger partial charge is 0.397 e. The molecule has 1 atom stereocenters. The van der Waals surface area contributed by atoms with Crippen molar-refractivity contribution < 1.29 is 4.79 Å². The van der Waals surface area contributed by atoms with Crippen LogP contribution in [0.25, 0.3) is 0 Å². The molecule has 6 heteroatoms. The van der Waals surface area contributed by atoms with Gasteiger partial charge in [-0.05, 0) is 51.7 Å². The van der Waals surface area contributed by atoms with Crippen LogP contribution in [0.3, 0.4) is 0 Å². The molecular weight excluding hydrogens is 288 g/mol. The number of piperidine rings is 1. The number of anilines is 2. The molecule has 1 heterocycles. The number of nitrogens with two attached hydrogens (primary N) is 1. The van der Waals surface area contributed by atoms with Crippen molar-refractivity contribution in [2.24, 2.45) is 0 Å². The van der Waals surface area contributed by atoms with E-state index >= 15 is 0 Å². The summed E-state index contributed by atoms with van der Waals surface area (Å²) in [7, 11) is 4.17. The van der Waals surface area contributed by atoms with Gasteiger partial charge in [0.25, 0.3) is 0 Å². The maximum atomic E-state index is 12.2. The second kappa shape index (κ2) is 7.11. The monoisotopic (exact) mass is 310 g/mol. The molecule has 1 aromatic carbocycles. The number of nitrogen functional groups attached to an aromatic ring is 1. The predicted octanol–water partition coefficient (Wildman–Crippen LogP) is 1.89. The molecule has 1 unspecified atom stereocenters. The van der Waals surface area contributed by atoms with Crippen LogP contribution < -0.4 is 11.1 Å². The van der Waals surface area contributed by atoms with Crippen LogP contribution in [-0.4, -0.2) is 55.5 Å². The van der Waals surface area contributed by atoms with Crippen LogP contribution in [-0.2, 0) is 4.79 Å². The lowest BCUT2D eigenvalue weighted by atomic mass is 10.1. The third-order valence-electron chi connectivity index (χ3n) is 3.87. The van der Waals surface area contributed by atoms with Crippen LogP contribution in [0.15, 0.2) is 18.2 Å². The van der Waals surface area contributed by atoms with E-state index in [-0.39, 0.29) is 5.91 Å². The molecule has 2 rings (SSSR count). The summed E-state index contributed by atoms with van der Waals surface area (Å²) in [6, 6.07) is 5.59. The maximum Gasteiger partial charge on any atom is 0.238 e. The first-order valence-corrected chi connectivity index (χ1v) is 7.57. The minimum Gasteiger partial charge on any atom is -0.397 e. The van der Waals surface area contributed by atoms with Crippen molar-refractivity contribution in [2.45, 2.75) is 18.9 Å². The molecule has 21 heavy (non-hydrogen) atoms. The van der Waals surface area contributed by atoms with Crippen LogP contribution in [0.1, 0.15) is 12.8 Å². The maximum absolute atomic E-state index is 12.2. The number of likely N-dealkylation sites (N-methyl/N-ethyl adjacent to an activating group) is 1. The first-order valence-electron chi connectivity index (χ1n) is 7.19. The topological polar surface area (TPSA) is 61.6 Å². The third kappa shape index (κ3) is 4.59. The van der Waals surface area contributed by atoms with Crippen molar-refractivity contribution in [2.75, 3.05) is 44.8 Å². The van der Waals surface area contributed by atoms with Gasteiger partial charge in [-0.15, -0.1) is 0 Å². The Labute approximate surface area is 131 Å². The second-order valence-corrected chi connectivity index (χ2v) is 6.21. The standard InChI is InChI=1S/C15H23ClN4O/c1-19(2)12-4-3-7-20(9-12)10-15(21)18-14-8-11(16)5-6-13(14)17/h5-6,8,12H,3-4,7,9-10,17H2,1-2H3,(H,18,21). The van der Waals surface area contributed by atoms with Gasteiger partial charge >= 0.3 is 0 Å². The number of hydrogen-bond acceptors (Lipinski definition) is 4. The molecule has 0 aromatic heterocycles. The highest BCUT2D eigenvalue weighted by Crippen LogP contribution is 2.23. The fraction of sp³-hybridized carbons (Fsp3) is 0.533. The Hall–Kier alpha value is -1.30. The molecular formula is C15H23ClN4O. The average Bonchev–Trinajstić information content (AvgIpc) is 2.43. The Morgan fingerprint density at radius 2 is 2.29 bits per heavy atom. The highest BCUT2D eigenvalue weighted by Gasteiger charge is 2.22. The molecule has 0 spiro atoms. The van der Waals surface area contributed by atoms with E-state index in [2.05, 4.69) is 29.2 Å². The molecule has 1 saturated heterocycles. The van der Waals surface area contributed by atoms with Crippen LogP contribution >= 0.6 is 11.6 Å². The Morgan fingerprint density at radius 3 is 3.00 bits per heavy atom. The molecule has 0 aliphatic carbocycles. The van der Waals surface area contributed by atoms with Gasteiger partial charge in [-0.3, -0.25) is 9.69 Å². The quantitative estimate of drug-likeness (QED) is 0.834. The molecule has 5 nitrogen and oxygen atoms in total. The van der Waals surface area contributed by atoms with Crippen molar-refractivity contribution >= 4 is 28.9 Å². The Bertz CT molecular complexity index is 506. The number of carbonyl (C=O) groups excluding carboxylic acids is 1. The van der Waals surface area contributed by atoms with E-state index in [0.29, 0.717) is 29.0 Å². The summed E-state index contributed by atoms with van der Waals surface area (Å²) in [5, 5.41) is 3.40. The SMILES string of the molecule is CN(C)C1CCCN(CC(=O)Nc2cc(Cl)ccc2N)C1. The molecule has 116 valence electrons. The van der Waals surface area contributed by atoms with Crippen LogP contribution in [0.4, 0.5) is 11.4 Å². The zero-order valence-electron chi connectivity index (χ0n) is 12.6. The van der Waals surface area contributed by atoms with Crippen molar-refractivity contribution in [3.05, 3.63) is 23.2 Å². The fourth-order valence-electron chi connectivity index (χ4n) is 2.63. The van der Waals surface area contributed by atoms with E-state index in [1.807, 2.05) is 0 Å². The highest BCUT2D eigenvalue weighted by atomic mass is 35.5. The summed E-state index contributed by atoms with van der Waals surface area (Å²) < 4.78 is 0. The van der Waals surface area contributed by atoms with Gasteiger partial charge in [0.15, 0.2) is 0 Å². The molecule has 0 bridgehead atoms. The number of nitrogens with zero attached hydrogens (tertiary/aromatic N) is 2. The van der Waals surface area contributed by atoms with E-state index in [9.17, 15) is 4.79 Å². The van der Waals surface area contributed by atoms with E-state index in [4.69, 9.17) is 17.3 Å². The molecule has 1 aromatic rings. The summed E-state index contributed by atoms with van der Waals surface area (Å²) in [6.45, 7) is 2.27. The van der Waals surface area contributed by atoms with Crippen molar-refractivity contribution in [3.8, 4) is 0 Å². The first kappa shape index (κ1) is 16.1. The van der Waals surface area contributed by atoms with Crippen LogP contribution in [0, 0.1) is 0 Å². The molecule has 1 fully saturated rings. The zero-order chi connectivity index (χ0) is 15.4. The predicted molar refractivity (Wildman–Crippen MR) is 87.6 cm³/mol. The smallest absolute Gasteiger partial charge is 0.238 e. The number of carbonyl (C=O) groups is 1. The van der Waals surface area contributed by atoms with Crippen LogP contribution in [0.5, 0.6) is 0 Å². The Balaban J connectivity index is 1.91. The third-order valence-corrected chi connectivity index (χ3v) is 4.10. The Kier molecular flexibility index (Phi) is 5.45. The number of rotatable bonds is 4. The van der Waals surface area contributed by atoms with Crippen molar-refractivity contribution in [1.29, 1.82) is 0 Å². The van der Waals surface area contributed by atoms with Gasteiger partial charge in [-0.1, -0.05) is 11.6 Å². The summed E-state index contributed by atoms with van der Waals surface area (Å²) >= 11 is 5.92. The van der Waals surface area contributed by atoms with E-state index in [1.54, 1.807) is 18.2 Å². The van der Waals surface area contributed by atoms with Crippen molar-refractivity contribution in [1.82, 2.24) is 9.80 Å². The van der Waals surface area contributed by atoms with Gasteiger partial charge in [-0.2, -0.15) is 0 Å². The van der Waals surface area contributed by atoms with E-state index in [0.717, 1.165) is 19.5 Å². The van der Waals surface area contributed by atoms with Gasteiger partial charge in [-0.25, -0.2) is 0 Å². The summed E-state index contributed by atoms with van der Waals surface area (Å²) in [6.07, 6.45) is 2.31. The average molecular weight is 311 g/mol. The molecule has 1 aliphatic heterocycles. The summed E-state index contributed by atoms with van der Waals surface area (Å²) in [5.41, 5.74) is 6.94. The molecule has 3 N–H and O–H groups in total. The van der Waals surface area contributed by atoms with Gasteiger partial charge < -0.3 is 16.0 Å². The lowest BCUT2D eigenvalue weighted by Crippen LogP contribution is -2.47. The second-order valence-electron chi connectivity index (χ2n) is 5.77. The number of benzene rings is 1. The van der Waals surface area contributed by atoms with E-state index < -0.39 is 0 Å². The normalized spacial score (nSPS) is 19.7. The minimum atomic E-state index is -0.0524. The van der Waals surface area contributed by atoms with E-state index in [1.165, 1.54) is 6.42 Å². The van der Waals surface area contributed by atoms with Gasteiger partial charge in [0.2, 0.25) is 5.91 Å². The lowest BCUT2D eigenvalue weighted by Gasteiger charge is -2.35. The minimum absolute atomic E-state index is 0.0524. The number of halogens is 1. The first-order chi connectivity index (χ1) is 9.95. The van der Waals surface area contributed by atoms with Gasteiger partial charge in [0.1, 0.15) is 0 Å². The molecule has 1 amide bonds. The van der Waals surface area contributed by atoms with Gasteiger partial charge in [0.05, 0.1) is 17.9 Å². The molecule has 0 saturated carbocycles. The van der Waals surface area contributed by atoms with Gasteiger partial charge in [0, 0.05) is 17.6 Å².